The number of aromatic nitrogens is 1. The molecule has 136 valence electrons. The van der Waals surface area contributed by atoms with Crippen LogP contribution in [0.4, 0.5) is 5.00 Å². The molecule has 2 aromatic heterocycles. The first-order chi connectivity index (χ1) is 12.7. The van der Waals surface area contributed by atoms with Crippen LogP contribution in [0.1, 0.15) is 29.8 Å². The summed E-state index contributed by atoms with van der Waals surface area (Å²) in [6, 6.07) is 5.09. The summed E-state index contributed by atoms with van der Waals surface area (Å²) in [5, 5.41) is 11.6. The van der Waals surface area contributed by atoms with E-state index in [1.807, 2.05) is 6.07 Å². The van der Waals surface area contributed by atoms with Crippen LogP contribution in [0.25, 0.3) is 10.1 Å². The third-order valence-electron chi connectivity index (χ3n) is 5.59. The van der Waals surface area contributed by atoms with Crippen molar-refractivity contribution in [2.75, 3.05) is 24.5 Å². The van der Waals surface area contributed by atoms with Crippen LogP contribution in [0.15, 0.2) is 18.3 Å². The Labute approximate surface area is 155 Å². The topological polar surface area (TPSA) is 86.4 Å². The monoisotopic (exact) mass is 371 g/mol. The Hall–Kier alpha value is -2.19. The maximum Gasteiger partial charge on any atom is 0.270 e. The first-order valence-corrected chi connectivity index (χ1v) is 9.95. The van der Waals surface area contributed by atoms with Crippen molar-refractivity contribution in [1.82, 2.24) is 20.9 Å². The second-order valence-corrected chi connectivity index (χ2v) is 8.39. The molecule has 0 aromatic carbocycles. The maximum absolute atomic E-state index is 12.6. The van der Waals surface area contributed by atoms with Gasteiger partial charge in [-0.3, -0.25) is 9.59 Å². The third-order valence-corrected chi connectivity index (χ3v) is 6.74. The highest BCUT2D eigenvalue weighted by atomic mass is 32.1. The van der Waals surface area contributed by atoms with E-state index >= 15 is 0 Å². The lowest BCUT2D eigenvalue weighted by molar-refractivity contribution is -0.120. The maximum atomic E-state index is 12.6. The second kappa shape index (κ2) is 6.21. The van der Waals surface area contributed by atoms with E-state index < -0.39 is 0 Å². The SMILES string of the molecule is O=C1CN(c2cc3cc(C(=O)N[C@@H]4C[C@H]5CC[C@@H]4N5)ncc3s2)CCN1. The molecule has 3 fully saturated rings. The van der Waals surface area contributed by atoms with E-state index in [0.717, 1.165) is 34.5 Å². The molecule has 3 atom stereocenters. The first kappa shape index (κ1) is 16.0. The van der Waals surface area contributed by atoms with Gasteiger partial charge in [0, 0.05) is 37.4 Å². The fourth-order valence-corrected chi connectivity index (χ4v) is 5.30. The van der Waals surface area contributed by atoms with E-state index in [9.17, 15) is 9.59 Å². The van der Waals surface area contributed by atoms with Crippen LogP contribution < -0.4 is 20.9 Å². The predicted molar refractivity (Wildman–Crippen MR) is 101 cm³/mol. The number of nitrogens with one attached hydrogen (secondary N) is 3. The van der Waals surface area contributed by atoms with Gasteiger partial charge in [-0.25, -0.2) is 4.98 Å². The van der Waals surface area contributed by atoms with Crippen molar-refractivity contribution in [3.05, 3.63) is 24.0 Å². The Bertz CT molecular complexity index is 882. The zero-order valence-corrected chi connectivity index (χ0v) is 15.1. The molecular formula is C18H21N5O2S. The van der Waals surface area contributed by atoms with Gasteiger partial charge < -0.3 is 20.9 Å². The van der Waals surface area contributed by atoms with Gasteiger partial charge in [-0.2, -0.15) is 0 Å². The molecule has 7 nitrogen and oxygen atoms in total. The van der Waals surface area contributed by atoms with Crippen molar-refractivity contribution >= 4 is 38.2 Å². The zero-order chi connectivity index (χ0) is 17.7. The summed E-state index contributed by atoms with van der Waals surface area (Å²) in [5.74, 6) is -0.0530. The lowest BCUT2D eigenvalue weighted by atomic mass is 9.95. The highest BCUT2D eigenvalue weighted by molar-refractivity contribution is 7.22. The molecule has 2 aromatic rings. The Balaban J connectivity index is 1.34. The number of pyridine rings is 1. The Morgan fingerprint density at radius 3 is 3.04 bits per heavy atom. The Morgan fingerprint density at radius 2 is 2.27 bits per heavy atom. The van der Waals surface area contributed by atoms with Gasteiger partial charge >= 0.3 is 0 Å². The van der Waals surface area contributed by atoms with Gasteiger partial charge in [-0.05, 0) is 36.8 Å². The van der Waals surface area contributed by atoms with Crippen LogP contribution in [0, 0.1) is 0 Å². The quantitative estimate of drug-likeness (QED) is 0.745. The standard InChI is InChI=1S/C18H21N5O2S/c24-16-9-23(4-3-19-16)17-6-10-5-14(20-8-15(10)26-17)18(25)22-13-7-11-1-2-12(13)21-11/h5-6,8,11-13,21H,1-4,7,9H2,(H,19,24)(H,22,25)/t11-,12+,13-/m1/s1. The average molecular weight is 371 g/mol. The van der Waals surface area contributed by atoms with Crippen LogP contribution in [0.2, 0.25) is 0 Å². The summed E-state index contributed by atoms with van der Waals surface area (Å²) in [6.45, 7) is 1.85. The predicted octanol–water partition coefficient (Wildman–Crippen LogP) is 0.855. The number of nitrogens with zero attached hydrogens (tertiary/aromatic N) is 2. The van der Waals surface area contributed by atoms with Gasteiger partial charge in [0.2, 0.25) is 5.91 Å². The Morgan fingerprint density at radius 1 is 1.35 bits per heavy atom. The van der Waals surface area contributed by atoms with Gasteiger partial charge in [0.15, 0.2) is 0 Å². The minimum absolute atomic E-state index is 0.0476. The summed E-state index contributed by atoms with van der Waals surface area (Å²) in [4.78, 5) is 30.7. The van der Waals surface area contributed by atoms with E-state index in [1.54, 1.807) is 17.5 Å². The smallest absolute Gasteiger partial charge is 0.270 e. The fraction of sp³-hybridized carbons (Fsp3) is 0.500. The zero-order valence-electron chi connectivity index (χ0n) is 14.3. The van der Waals surface area contributed by atoms with Gasteiger partial charge in [0.1, 0.15) is 5.69 Å². The van der Waals surface area contributed by atoms with E-state index in [0.29, 0.717) is 30.9 Å². The van der Waals surface area contributed by atoms with Crippen molar-refractivity contribution in [2.24, 2.45) is 0 Å². The number of hydrogen-bond donors (Lipinski definition) is 3. The first-order valence-electron chi connectivity index (χ1n) is 9.14. The molecule has 0 radical (unpaired) electrons. The number of rotatable bonds is 3. The van der Waals surface area contributed by atoms with Crippen LogP contribution in [-0.4, -0.2) is 54.6 Å². The minimum atomic E-state index is -0.101. The van der Waals surface area contributed by atoms with Crippen LogP contribution in [0.3, 0.4) is 0 Å². The number of carbonyl (C=O) groups excluding carboxylic acids is 2. The third kappa shape index (κ3) is 2.83. The molecule has 3 aliphatic rings. The molecule has 2 bridgehead atoms. The van der Waals surface area contributed by atoms with E-state index in [1.165, 1.54) is 6.42 Å². The van der Waals surface area contributed by atoms with Crippen molar-refractivity contribution in [2.45, 2.75) is 37.4 Å². The number of piperazine rings is 1. The number of fused-ring (bicyclic) bond motifs is 3. The van der Waals surface area contributed by atoms with Crippen molar-refractivity contribution in [3.63, 3.8) is 0 Å². The number of thiophene rings is 1. The van der Waals surface area contributed by atoms with Crippen LogP contribution in [0.5, 0.6) is 0 Å². The highest BCUT2D eigenvalue weighted by Crippen LogP contribution is 2.33. The largest absolute Gasteiger partial charge is 0.353 e. The molecule has 0 spiro atoms. The minimum Gasteiger partial charge on any atom is -0.353 e. The van der Waals surface area contributed by atoms with Gasteiger partial charge in [0.05, 0.1) is 16.2 Å². The number of amides is 2. The lowest BCUT2D eigenvalue weighted by Crippen LogP contribution is -2.47. The summed E-state index contributed by atoms with van der Waals surface area (Å²) in [5.41, 5.74) is 0.459. The lowest BCUT2D eigenvalue weighted by Gasteiger charge is -2.26. The van der Waals surface area contributed by atoms with Crippen LogP contribution in [-0.2, 0) is 4.79 Å². The molecular weight excluding hydrogens is 350 g/mol. The van der Waals surface area contributed by atoms with Crippen molar-refractivity contribution in [1.29, 1.82) is 0 Å². The molecule has 0 saturated carbocycles. The highest BCUT2D eigenvalue weighted by Gasteiger charge is 2.39. The van der Waals surface area contributed by atoms with Gasteiger partial charge in [-0.15, -0.1) is 11.3 Å². The molecule has 3 N–H and O–H groups in total. The molecule has 5 heterocycles. The summed E-state index contributed by atoms with van der Waals surface area (Å²) >= 11 is 1.61. The fourth-order valence-electron chi connectivity index (χ4n) is 4.26. The molecule has 8 heteroatoms. The number of carbonyl (C=O) groups is 2. The molecule has 26 heavy (non-hydrogen) atoms. The van der Waals surface area contributed by atoms with E-state index in [2.05, 4.69) is 31.9 Å². The summed E-state index contributed by atoms with van der Waals surface area (Å²) in [6.07, 6.45) is 5.13. The Kier molecular flexibility index (Phi) is 3.82. The number of anilines is 1. The normalized spacial score (nSPS) is 27.8. The molecule has 3 aliphatic heterocycles. The molecule has 3 saturated heterocycles. The molecule has 5 rings (SSSR count). The van der Waals surface area contributed by atoms with Crippen molar-refractivity contribution < 1.29 is 9.59 Å². The average Bonchev–Trinajstić information content (AvgIpc) is 3.36. The van der Waals surface area contributed by atoms with E-state index in [-0.39, 0.29) is 17.9 Å². The summed E-state index contributed by atoms with van der Waals surface area (Å²) in [7, 11) is 0. The van der Waals surface area contributed by atoms with Gasteiger partial charge in [-0.1, -0.05) is 0 Å². The molecule has 0 aliphatic carbocycles. The molecule has 0 unspecified atom stereocenters. The van der Waals surface area contributed by atoms with Crippen LogP contribution >= 0.6 is 11.3 Å². The second-order valence-electron chi connectivity index (χ2n) is 7.33. The van der Waals surface area contributed by atoms with E-state index in [4.69, 9.17) is 0 Å². The van der Waals surface area contributed by atoms with Gasteiger partial charge in [0.25, 0.3) is 5.91 Å². The van der Waals surface area contributed by atoms with Crippen molar-refractivity contribution in [3.8, 4) is 0 Å². The molecule has 2 amide bonds. The number of hydrogen-bond acceptors (Lipinski definition) is 6. The summed E-state index contributed by atoms with van der Waals surface area (Å²) < 4.78 is 1.03.